The van der Waals surface area contributed by atoms with E-state index in [0.29, 0.717) is 11.5 Å². The van der Waals surface area contributed by atoms with E-state index in [1.165, 1.54) is 27.4 Å². The minimum atomic E-state index is -0.0553. The van der Waals surface area contributed by atoms with Crippen LogP contribution in [0.1, 0.15) is 26.3 Å². The van der Waals surface area contributed by atoms with Gasteiger partial charge in [0, 0.05) is 40.5 Å². The summed E-state index contributed by atoms with van der Waals surface area (Å²) < 4.78 is 13.2. The third-order valence-corrected chi connectivity index (χ3v) is 10.9. The number of anilines is 3. The maximum absolute atomic E-state index is 6.59. The van der Waals surface area contributed by atoms with Gasteiger partial charge < -0.3 is 23.7 Å². The average Bonchev–Trinajstić information content (AvgIpc) is 3.79. The van der Waals surface area contributed by atoms with Crippen molar-refractivity contribution in [1.29, 1.82) is 0 Å². The van der Waals surface area contributed by atoms with E-state index in [9.17, 15) is 0 Å². The number of hydrogen-bond acceptors (Lipinski definition) is 3. The summed E-state index contributed by atoms with van der Waals surface area (Å²) in [6.07, 6.45) is 2.04. The van der Waals surface area contributed by atoms with Gasteiger partial charge in [0.1, 0.15) is 11.3 Å². The fraction of sp³-hybridized carbons (Fsp3) is 0.102. The van der Waals surface area contributed by atoms with Crippen molar-refractivity contribution in [1.82, 2.24) is 9.13 Å². The molecule has 0 saturated heterocycles. The predicted molar refractivity (Wildman–Crippen MR) is 225 cm³/mol. The van der Waals surface area contributed by atoms with Crippen LogP contribution < -0.4 is 19.1 Å². The molecule has 0 radical (unpaired) electrons. The van der Waals surface area contributed by atoms with Crippen LogP contribution in [0.25, 0.3) is 55.1 Å². The van der Waals surface area contributed by atoms with E-state index < -0.39 is 0 Å². The van der Waals surface area contributed by atoms with E-state index in [1.54, 1.807) is 0 Å². The van der Waals surface area contributed by atoms with E-state index in [1.807, 2.05) is 54.2 Å². The summed E-state index contributed by atoms with van der Waals surface area (Å²) in [4.78, 5) is 4.20. The molecule has 0 aliphatic carbocycles. The number of nitrogens with zero attached hydrogens (tertiary/aromatic N) is 5. The predicted octanol–water partition coefficient (Wildman–Crippen LogP) is 11.6. The Kier molecular flexibility index (Phi) is 8.37. The van der Waals surface area contributed by atoms with Crippen LogP contribution >= 0.6 is 0 Å². The molecule has 6 nitrogen and oxygen atoms in total. The molecular formula is C49H39N5OPt. The van der Waals surface area contributed by atoms with Gasteiger partial charge in [-0.1, -0.05) is 105 Å². The zero-order valence-electron chi connectivity index (χ0n) is 31.7. The third-order valence-electron chi connectivity index (χ3n) is 10.9. The Labute approximate surface area is 341 Å². The van der Waals surface area contributed by atoms with E-state index in [-0.39, 0.29) is 26.5 Å². The Bertz CT molecular complexity index is 2970. The normalized spacial score (nSPS) is 12.9. The number of benzene rings is 6. The maximum atomic E-state index is 6.59. The van der Waals surface area contributed by atoms with Gasteiger partial charge in [0.15, 0.2) is 5.82 Å². The molecule has 0 fully saturated rings. The first-order chi connectivity index (χ1) is 26.7. The minimum Gasteiger partial charge on any atom is -0.509 e. The Balaban J connectivity index is 0.00000410. The maximum Gasteiger partial charge on any atom is 2.00 e. The summed E-state index contributed by atoms with van der Waals surface area (Å²) >= 11 is 0. The number of rotatable bonds is 5. The summed E-state index contributed by atoms with van der Waals surface area (Å²) in [5, 5.41) is 4.65. The molecule has 6 aromatic carbocycles. The molecule has 7 heteroatoms. The molecule has 1 aliphatic rings. The molecule has 276 valence electrons. The van der Waals surface area contributed by atoms with Crippen LogP contribution in [0.2, 0.25) is 0 Å². The Hall–Kier alpha value is -6.23. The quantitative estimate of drug-likeness (QED) is 0.127. The standard InChI is InChI=1S/C49H39N5O.Pt/c1-32-51(6)45-20-11-12-21-46(45)52(32)34-14-13-15-36(29-34)55-37-23-24-40-41-30-35(53-42-18-9-7-16-38(42)39-17-8-10-19-43(39)53)22-25-44(41)54(47(40)31-37)48-28-33(49(2,3)4)26-27-50(48)5;/h7-28,30H,1,5H2,2-4,6H3;/q-2;+2. The van der Waals surface area contributed by atoms with Crippen molar-refractivity contribution in [3.63, 3.8) is 0 Å². The molecule has 0 unspecified atom stereocenters. The van der Waals surface area contributed by atoms with Crippen molar-refractivity contribution in [2.45, 2.75) is 26.2 Å². The first-order valence-electron chi connectivity index (χ1n) is 18.5. The summed E-state index contributed by atoms with van der Waals surface area (Å²) in [5.74, 6) is 2.97. The van der Waals surface area contributed by atoms with Crippen LogP contribution in [0.15, 0.2) is 152 Å². The van der Waals surface area contributed by atoms with E-state index in [0.717, 1.165) is 56.2 Å². The molecule has 9 aromatic rings. The number of ether oxygens (including phenoxy) is 1. The minimum absolute atomic E-state index is 0. The van der Waals surface area contributed by atoms with Crippen LogP contribution in [-0.2, 0) is 26.5 Å². The number of aromatic nitrogens is 3. The van der Waals surface area contributed by atoms with Crippen LogP contribution in [-0.4, -0.2) is 16.2 Å². The van der Waals surface area contributed by atoms with Crippen molar-refractivity contribution in [3.05, 3.63) is 177 Å². The SMILES string of the molecule is C=C1N(C)c2ccccc2N1c1[c-]c(Oc2[c-]c3c(cc2)c2cc(-n4c5ccccc5c5ccccc54)ccc2n3-c2cc(C(C)(C)C)cc[n+]2[CH2-])ccc1.[Pt+2]. The first kappa shape index (κ1) is 35.5. The second-order valence-corrected chi connectivity index (χ2v) is 15.3. The zero-order chi connectivity index (χ0) is 37.6. The van der Waals surface area contributed by atoms with Gasteiger partial charge in [-0.25, -0.2) is 0 Å². The molecule has 0 N–H and O–H groups in total. The topological polar surface area (TPSA) is 29.4 Å². The fourth-order valence-electron chi connectivity index (χ4n) is 8.10. The smallest absolute Gasteiger partial charge is 0.509 e. The average molecular weight is 909 g/mol. The molecule has 0 bridgehead atoms. The first-order valence-corrected chi connectivity index (χ1v) is 18.5. The van der Waals surface area contributed by atoms with Crippen LogP contribution in [0.4, 0.5) is 17.1 Å². The van der Waals surface area contributed by atoms with Crippen LogP contribution in [0, 0.1) is 19.2 Å². The second-order valence-electron chi connectivity index (χ2n) is 15.3. The van der Waals surface area contributed by atoms with Gasteiger partial charge in [-0.3, -0.25) is 4.57 Å². The molecule has 0 amide bonds. The monoisotopic (exact) mass is 908 g/mol. The van der Waals surface area contributed by atoms with Crippen molar-refractivity contribution in [2.24, 2.45) is 0 Å². The molecule has 56 heavy (non-hydrogen) atoms. The van der Waals surface area contributed by atoms with E-state index in [4.69, 9.17) is 4.74 Å². The zero-order valence-corrected chi connectivity index (χ0v) is 33.9. The molecular weight excluding hydrogens is 870 g/mol. The van der Waals surface area contributed by atoms with Crippen molar-refractivity contribution < 1.29 is 30.4 Å². The van der Waals surface area contributed by atoms with E-state index >= 15 is 0 Å². The molecule has 10 rings (SSSR count). The number of pyridine rings is 1. The van der Waals surface area contributed by atoms with E-state index in [2.05, 4.69) is 163 Å². The molecule has 3 aromatic heterocycles. The summed E-state index contributed by atoms with van der Waals surface area (Å²) in [6, 6.07) is 54.0. The second kappa shape index (κ2) is 13.2. The molecule has 4 heterocycles. The molecule has 0 atom stereocenters. The van der Waals surface area contributed by atoms with Crippen molar-refractivity contribution in [3.8, 4) is 23.0 Å². The fourth-order valence-corrected chi connectivity index (χ4v) is 8.10. The third kappa shape index (κ3) is 5.50. The summed E-state index contributed by atoms with van der Waals surface area (Å²) in [5.41, 5.74) is 9.56. The summed E-state index contributed by atoms with van der Waals surface area (Å²) in [6.45, 7) is 11.1. The van der Waals surface area contributed by atoms with Gasteiger partial charge in [-0.15, -0.1) is 24.3 Å². The van der Waals surface area contributed by atoms with Gasteiger partial charge in [0.2, 0.25) is 0 Å². The molecule has 1 aliphatic heterocycles. The van der Waals surface area contributed by atoms with Crippen LogP contribution in [0.5, 0.6) is 11.5 Å². The van der Waals surface area contributed by atoms with Crippen molar-refractivity contribution in [2.75, 3.05) is 16.8 Å². The van der Waals surface area contributed by atoms with Crippen molar-refractivity contribution >= 4 is 60.7 Å². The Morgan fingerprint density at radius 1 is 0.643 bits per heavy atom. The summed E-state index contributed by atoms with van der Waals surface area (Å²) in [7, 11) is 6.46. The largest absolute Gasteiger partial charge is 2.00 e. The molecule has 0 spiro atoms. The van der Waals surface area contributed by atoms with Gasteiger partial charge >= 0.3 is 21.1 Å². The van der Waals surface area contributed by atoms with Gasteiger partial charge in [0.05, 0.1) is 22.4 Å². The number of fused-ring (bicyclic) bond motifs is 7. The number of para-hydroxylation sites is 4. The molecule has 0 saturated carbocycles. The van der Waals surface area contributed by atoms with Gasteiger partial charge in [-0.05, 0) is 72.6 Å². The number of hydrogen-bond donors (Lipinski definition) is 0. The van der Waals surface area contributed by atoms with Gasteiger partial charge in [0.25, 0.3) is 0 Å². The van der Waals surface area contributed by atoms with Crippen LogP contribution in [0.3, 0.4) is 0 Å². The van der Waals surface area contributed by atoms with Gasteiger partial charge in [-0.2, -0.15) is 12.1 Å². The Morgan fingerprint density at radius 3 is 2.04 bits per heavy atom. The Morgan fingerprint density at radius 2 is 1.30 bits per heavy atom.